The third-order valence-electron chi connectivity index (χ3n) is 4.54. The third-order valence-corrected chi connectivity index (χ3v) is 5.01. The third kappa shape index (κ3) is 1.68. The summed E-state index contributed by atoms with van der Waals surface area (Å²) in [5.41, 5.74) is 5.28. The molecule has 0 saturated heterocycles. The van der Waals surface area contributed by atoms with E-state index < -0.39 is 6.09 Å². The molecule has 4 bridgehead atoms. The molecule has 1 amide bonds. The molecule has 16 heavy (non-hydrogen) atoms. The maximum Gasteiger partial charge on any atom is 0.419 e. The second-order valence-corrected chi connectivity index (χ2v) is 6.52. The Bertz CT molecular complexity index is 307. The van der Waals surface area contributed by atoms with Gasteiger partial charge in [-0.25, -0.2) is 10.2 Å². The average Bonchev–Trinajstić information content (AvgIpc) is 2.13. The van der Waals surface area contributed by atoms with Gasteiger partial charge >= 0.3 is 6.09 Å². The van der Waals surface area contributed by atoms with Gasteiger partial charge in [0.05, 0.1) is 0 Å². The number of hydrogen-bond acceptors (Lipinski definition) is 2. The molecule has 2 unspecified atom stereocenters. The molecular formula is C11H17ClN2O2. The molecule has 4 saturated carbocycles. The molecular weight excluding hydrogens is 228 g/mol. The van der Waals surface area contributed by atoms with Gasteiger partial charge in [0, 0.05) is 10.9 Å². The molecule has 0 heterocycles. The van der Waals surface area contributed by atoms with Crippen molar-refractivity contribution in [3.8, 4) is 0 Å². The molecule has 5 heteroatoms. The lowest BCUT2D eigenvalue weighted by Gasteiger charge is -2.57. The Balaban J connectivity index is 1.71. The fourth-order valence-electron chi connectivity index (χ4n) is 4.31. The van der Waals surface area contributed by atoms with Crippen LogP contribution in [0.4, 0.5) is 4.79 Å². The Labute approximate surface area is 99.7 Å². The average molecular weight is 245 g/mol. The van der Waals surface area contributed by atoms with E-state index >= 15 is 0 Å². The lowest BCUT2D eigenvalue weighted by Crippen LogP contribution is -2.62. The second kappa shape index (κ2) is 3.50. The van der Waals surface area contributed by atoms with Crippen LogP contribution in [0.3, 0.4) is 0 Å². The van der Waals surface area contributed by atoms with Crippen molar-refractivity contribution in [1.29, 1.82) is 0 Å². The lowest BCUT2D eigenvalue weighted by atomic mass is 9.54. The predicted octanol–water partition coefficient (Wildman–Crippen LogP) is 1.94. The van der Waals surface area contributed by atoms with E-state index in [-0.39, 0.29) is 4.87 Å². The predicted molar refractivity (Wildman–Crippen MR) is 60.2 cm³/mol. The summed E-state index contributed by atoms with van der Waals surface area (Å²) in [5, 5.41) is 8.62. The molecule has 3 N–H and O–H groups in total. The quantitative estimate of drug-likeness (QED) is 0.514. The number of halogens is 1. The van der Waals surface area contributed by atoms with Gasteiger partial charge < -0.3 is 5.11 Å². The number of rotatable bonds is 2. The van der Waals surface area contributed by atoms with Gasteiger partial charge in [0.2, 0.25) is 0 Å². The minimum absolute atomic E-state index is 0.0257. The molecule has 4 aliphatic carbocycles. The smallest absolute Gasteiger partial charge is 0.419 e. The van der Waals surface area contributed by atoms with Gasteiger partial charge in [0.25, 0.3) is 0 Å². The Morgan fingerprint density at radius 3 is 2.38 bits per heavy atom. The van der Waals surface area contributed by atoms with Crippen molar-refractivity contribution in [2.24, 2.45) is 17.8 Å². The van der Waals surface area contributed by atoms with Crippen LogP contribution in [-0.2, 0) is 0 Å². The van der Waals surface area contributed by atoms with Crippen molar-refractivity contribution < 1.29 is 9.90 Å². The number of amides is 1. The SMILES string of the molecule is O=C(O)NNC1C2CC3CC1CC(Cl)(C3)C2. The molecule has 90 valence electrons. The van der Waals surface area contributed by atoms with Gasteiger partial charge in [-0.1, -0.05) is 0 Å². The highest BCUT2D eigenvalue weighted by molar-refractivity contribution is 6.24. The van der Waals surface area contributed by atoms with Crippen molar-refractivity contribution in [3.05, 3.63) is 0 Å². The zero-order valence-electron chi connectivity index (χ0n) is 9.08. The van der Waals surface area contributed by atoms with E-state index in [0.717, 1.165) is 18.8 Å². The van der Waals surface area contributed by atoms with Gasteiger partial charge in [-0.2, -0.15) is 0 Å². The van der Waals surface area contributed by atoms with Gasteiger partial charge in [-0.15, -0.1) is 11.6 Å². The number of carbonyl (C=O) groups is 1. The standard InChI is InChI=1S/C11H17ClN2O2/c12-11-3-6-1-7(4-11)9(8(2-6)5-11)13-14-10(15)16/h6-9,13-14H,1-5H2,(H,15,16). The lowest BCUT2D eigenvalue weighted by molar-refractivity contribution is -0.00517. The highest BCUT2D eigenvalue weighted by Gasteiger charge is 2.54. The zero-order chi connectivity index (χ0) is 11.3. The summed E-state index contributed by atoms with van der Waals surface area (Å²) in [6, 6.07) is 0.291. The molecule has 0 spiro atoms. The van der Waals surface area contributed by atoms with E-state index in [4.69, 9.17) is 16.7 Å². The minimum Gasteiger partial charge on any atom is -0.464 e. The zero-order valence-corrected chi connectivity index (χ0v) is 9.83. The van der Waals surface area contributed by atoms with Crippen molar-refractivity contribution in [2.75, 3.05) is 0 Å². The topological polar surface area (TPSA) is 61.4 Å². The Morgan fingerprint density at radius 1 is 1.25 bits per heavy atom. The van der Waals surface area contributed by atoms with Gasteiger partial charge in [-0.05, 0) is 49.9 Å². The number of carboxylic acid groups (broad SMARTS) is 1. The summed E-state index contributed by atoms with van der Waals surface area (Å²) >= 11 is 6.59. The largest absolute Gasteiger partial charge is 0.464 e. The Morgan fingerprint density at radius 2 is 1.88 bits per heavy atom. The summed E-state index contributed by atoms with van der Waals surface area (Å²) in [6.07, 6.45) is 4.67. The van der Waals surface area contributed by atoms with Crippen LogP contribution in [0.1, 0.15) is 32.1 Å². The van der Waals surface area contributed by atoms with E-state index in [1.807, 2.05) is 0 Å². The maximum atomic E-state index is 10.5. The number of hydrazine groups is 1. The fraction of sp³-hybridized carbons (Fsp3) is 0.909. The van der Waals surface area contributed by atoms with E-state index in [1.165, 1.54) is 19.3 Å². The van der Waals surface area contributed by atoms with Crippen molar-refractivity contribution in [2.45, 2.75) is 43.0 Å². The minimum atomic E-state index is -1.01. The molecule has 4 nitrogen and oxygen atoms in total. The maximum absolute atomic E-state index is 10.5. The highest BCUT2D eigenvalue weighted by atomic mass is 35.5. The molecule has 0 radical (unpaired) electrons. The number of alkyl halides is 1. The van der Waals surface area contributed by atoms with Gasteiger partial charge in [-0.3, -0.25) is 5.43 Å². The summed E-state index contributed by atoms with van der Waals surface area (Å²) in [4.78, 5) is 10.5. The molecule has 2 atom stereocenters. The first-order valence-corrected chi connectivity index (χ1v) is 6.37. The van der Waals surface area contributed by atoms with Crippen LogP contribution < -0.4 is 10.9 Å². The van der Waals surface area contributed by atoms with Crippen LogP contribution >= 0.6 is 11.6 Å². The van der Waals surface area contributed by atoms with Crippen LogP contribution in [0, 0.1) is 17.8 Å². The Kier molecular flexibility index (Phi) is 2.33. The monoisotopic (exact) mass is 244 g/mol. The molecule has 4 rings (SSSR count). The number of hydrogen-bond donors (Lipinski definition) is 3. The molecule has 4 aliphatic rings. The molecule has 0 aliphatic heterocycles. The summed E-state index contributed by atoms with van der Waals surface area (Å²) in [6.45, 7) is 0. The fourth-order valence-corrected chi connectivity index (χ4v) is 4.92. The van der Waals surface area contributed by atoms with Crippen LogP contribution in [0.5, 0.6) is 0 Å². The van der Waals surface area contributed by atoms with Crippen LogP contribution in [0.2, 0.25) is 0 Å². The molecule has 0 aromatic heterocycles. The van der Waals surface area contributed by atoms with E-state index in [9.17, 15) is 4.79 Å². The van der Waals surface area contributed by atoms with E-state index in [1.54, 1.807) is 0 Å². The molecule has 4 fully saturated rings. The first kappa shape index (κ1) is 10.7. The van der Waals surface area contributed by atoms with E-state index in [2.05, 4.69) is 10.9 Å². The van der Waals surface area contributed by atoms with Crippen molar-refractivity contribution in [3.63, 3.8) is 0 Å². The van der Waals surface area contributed by atoms with E-state index in [0.29, 0.717) is 17.9 Å². The summed E-state index contributed by atoms with van der Waals surface area (Å²) < 4.78 is 0. The first-order valence-electron chi connectivity index (χ1n) is 5.99. The molecule has 0 aromatic carbocycles. The normalized spacial score (nSPS) is 49.3. The second-order valence-electron chi connectivity index (χ2n) is 5.72. The highest BCUT2D eigenvalue weighted by Crippen LogP contribution is 2.58. The Hall–Kier alpha value is -0.480. The van der Waals surface area contributed by atoms with Gasteiger partial charge in [0.15, 0.2) is 0 Å². The summed E-state index contributed by atoms with van der Waals surface area (Å²) in [7, 11) is 0. The van der Waals surface area contributed by atoms with Crippen LogP contribution in [0.25, 0.3) is 0 Å². The summed E-state index contributed by atoms with van der Waals surface area (Å²) in [5.74, 6) is 1.88. The molecule has 0 aromatic rings. The van der Waals surface area contributed by atoms with Crippen molar-refractivity contribution >= 4 is 17.7 Å². The van der Waals surface area contributed by atoms with Crippen molar-refractivity contribution in [1.82, 2.24) is 10.9 Å². The first-order chi connectivity index (χ1) is 7.56. The van der Waals surface area contributed by atoms with Crippen LogP contribution in [0.15, 0.2) is 0 Å². The van der Waals surface area contributed by atoms with Crippen LogP contribution in [-0.4, -0.2) is 22.1 Å². The number of nitrogens with one attached hydrogen (secondary N) is 2. The van der Waals surface area contributed by atoms with Gasteiger partial charge in [0.1, 0.15) is 0 Å².